The monoisotopic (exact) mass is 282 g/mol. The van der Waals surface area contributed by atoms with Gasteiger partial charge in [0.15, 0.2) is 0 Å². The summed E-state index contributed by atoms with van der Waals surface area (Å²) in [5, 5.41) is 0.291. The van der Waals surface area contributed by atoms with Gasteiger partial charge >= 0.3 is 0 Å². The number of allylic oxidation sites excluding steroid dienone is 2. The van der Waals surface area contributed by atoms with Crippen LogP contribution in [0.15, 0.2) is 9.81 Å². The zero-order valence-corrected chi connectivity index (χ0v) is 14.5. The molecule has 0 nitrogen and oxygen atoms in total. The topological polar surface area (TPSA) is 0 Å². The molecule has 0 heterocycles. The van der Waals surface area contributed by atoms with Crippen LogP contribution in [0.1, 0.15) is 20.8 Å². The van der Waals surface area contributed by atoms with E-state index in [9.17, 15) is 0 Å². The second-order valence-electron chi connectivity index (χ2n) is 5.34. The molecular formula is C14H22S2Si. The lowest BCUT2D eigenvalue weighted by Gasteiger charge is -2.31. The first kappa shape index (κ1) is 16.8. The normalized spacial score (nSPS) is 13.3. The van der Waals surface area contributed by atoms with E-state index in [0.717, 1.165) is 9.81 Å². The van der Waals surface area contributed by atoms with Crippen LogP contribution in [0.3, 0.4) is 0 Å². The summed E-state index contributed by atoms with van der Waals surface area (Å²) in [6.07, 6.45) is 9.52. The average molecular weight is 283 g/mol. The fourth-order valence-electron chi connectivity index (χ4n) is 0.818. The molecule has 0 saturated heterocycles. The first-order valence-corrected chi connectivity index (χ1v) is 11.0. The van der Waals surface area contributed by atoms with Gasteiger partial charge in [0.05, 0.1) is 9.81 Å². The van der Waals surface area contributed by atoms with E-state index in [1.165, 1.54) is 0 Å². The minimum atomic E-state index is -1.54. The van der Waals surface area contributed by atoms with E-state index in [1.54, 1.807) is 23.5 Å². The number of thioether (sulfide) groups is 2. The molecule has 0 aliphatic heterocycles. The Labute approximate surface area is 116 Å². The van der Waals surface area contributed by atoms with Crippen LogP contribution < -0.4 is 0 Å². The molecule has 0 fully saturated rings. The van der Waals surface area contributed by atoms with E-state index in [-0.39, 0.29) is 0 Å². The molecule has 0 atom stereocenters. The predicted molar refractivity (Wildman–Crippen MR) is 87.9 cm³/mol. The molecule has 94 valence electrons. The van der Waals surface area contributed by atoms with Crippen molar-refractivity contribution >= 4 is 31.6 Å². The summed E-state index contributed by atoms with van der Waals surface area (Å²) in [5.74, 6) is 6.02. The summed E-state index contributed by atoms with van der Waals surface area (Å²) in [7, 11) is -1.54. The summed E-state index contributed by atoms with van der Waals surface area (Å²) >= 11 is 3.24. The van der Waals surface area contributed by atoms with Crippen LogP contribution in [0.2, 0.25) is 18.1 Å². The van der Waals surface area contributed by atoms with Gasteiger partial charge in [-0.3, -0.25) is 0 Å². The van der Waals surface area contributed by atoms with Crippen molar-refractivity contribution in [2.45, 2.75) is 38.9 Å². The summed E-state index contributed by atoms with van der Waals surface area (Å²) in [5.41, 5.74) is 3.50. The lowest BCUT2D eigenvalue weighted by molar-refractivity contribution is 0.731. The molecule has 0 unspecified atom stereocenters. The molecule has 0 aliphatic carbocycles. The van der Waals surface area contributed by atoms with Crippen molar-refractivity contribution in [3.63, 3.8) is 0 Å². The van der Waals surface area contributed by atoms with Gasteiger partial charge in [0.2, 0.25) is 0 Å². The summed E-state index contributed by atoms with van der Waals surface area (Å²) in [4.78, 5) is 1.98. The van der Waals surface area contributed by atoms with E-state index < -0.39 is 8.07 Å². The van der Waals surface area contributed by atoms with Gasteiger partial charge in [-0.15, -0.1) is 35.5 Å². The Morgan fingerprint density at radius 2 is 1.53 bits per heavy atom. The third kappa shape index (κ3) is 4.88. The molecular weight excluding hydrogens is 260 g/mol. The number of terminal acetylenes is 1. The van der Waals surface area contributed by atoms with Crippen LogP contribution in [0.25, 0.3) is 0 Å². The molecule has 0 bridgehead atoms. The van der Waals surface area contributed by atoms with Gasteiger partial charge in [0, 0.05) is 0 Å². The molecule has 0 radical (unpaired) electrons. The van der Waals surface area contributed by atoms with Crippen LogP contribution in [0, 0.1) is 23.8 Å². The van der Waals surface area contributed by atoms with Crippen molar-refractivity contribution in [2.75, 3.05) is 12.5 Å². The lowest BCUT2D eigenvalue weighted by atomic mass is 10.2. The van der Waals surface area contributed by atoms with Crippen molar-refractivity contribution in [3.8, 4) is 23.8 Å². The van der Waals surface area contributed by atoms with Gasteiger partial charge in [0.25, 0.3) is 0 Å². The van der Waals surface area contributed by atoms with Crippen LogP contribution in [-0.2, 0) is 0 Å². The van der Waals surface area contributed by atoms with Crippen molar-refractivity contribution in [1.82, 2.24) is 0 Å². The first-order valence-electron chi connectivity index (χ1n) is 5.51. The molecule has 0 rings (SSSR count). The average Bonchev–Trinajstić information content (AvgIpc) is 2.22. The molecule has 0 saturated carbocycles. The third-order valence-electron chi connectivity index (χ3n) is 3.11. The zero-order chi connectivity index (χ0) is 13.7. The van der Waals surface area contributed by atoms with Crippen molar-refractivity contribution in [1.29, 1.82) is 0 Å². The SMILES string of the molecule is C#C/C(SC)=C(/C#C[Si](C)(C)C(C)(C)C)SC. The van der Waals surface area contributed by atoms with Crippen molar-refractivity contribution < 1.29 is 0 Å². The van der Waals surface area contributed by atoms with E-state index in [0.29, 0.717) is 5.04 Å². The van der Waals surface area contributed by atoms with E-state index >= 15 is 0 Å². The number of rotatable bonds is 2. The summed E-state index contributed by atoms with van der Waals surface area (Å²) in [6, 6.07) is 0. The molecule has 0 aromatic heterocycles. The smallest absolute Gasteiger partial charge is 0.125 e. The van der Waals surface area contributed by atoms with Crippen molar-refractivity contribution in [2.24, 2.45) is 0 Å². The maximum atomic E-state index is 5.49. The lowest BCUT2D eigenvalue weighted by Crippen LogP contribution is -2.35. The van der Waals surface area contributed by atoms with Crippen LogP contribution in [0.4, 0.5) is 0 Å². The van der Waals surface area contributed by atoms with Gasteiger partial charge in [0.1, 0.15) is 8.07 Å². The van der Waals surface area contributed by atoms with Gasteiger partial charge in [-0.2, -0.15) is 0 Å². The fraction of sp³-hybridized carbons (Fsp3) is 0.571. The molecule has 0 spiro atoms. The number of hydrogen-bond acceptors (Lipinski definition) is 2. The highest BCUT2D eigenvalue weighted by Crippen LogP contribution is 2.35. The van der Waals surface area contributed by atoms with Crippen LogP contribution in [-0.4, -0.2) is 20.6 Å². The minimum absolute atomic E-state index is 0.291. The maximum absolute atomic E-state index is 5.49. The highest BCUT2D eigenvalue weighted by Gasteiger charge is 2.33. The highest BCUT2D eigenvalue weighted by atomic mass is 32.2. The Bertz CT molecular complexity index is 395. The Morgan fingerprint density at radius 3 is 1.82 bits per heavy atom. The van der Waals surface area contributed by atoms with E-state index in [1.807, 2.05) is 12.5 Å². The summed E-state index contributed by atoms with van der Waals surface area (Å²) in [6.45, 7) is 11.4. The third-order valence-corrected chi connectivity index (χ3v) is 9.18. The fourth-order valence-corrected chi connectivity index (χ4v) is 2.97. The molecule has 3 heteroatoms. The van der Waals surface area contributed by atoms with E-state index in [4.69, 9.17) is 6.42 Å². The largest absolute Gasteiger partial charge is 0.138 e. The maximum Gasteiger partial charge on any atom is 0.138 e. The van der Waals surface area contributed by atoms with Gasteiger partial charge < -0.3 is 0 Å². The molecule has 17 heavy (non-hydrogen) atoms. The predicted octanol–water partition coefficient (Wildman–Crippen LogP) is 4.61. The second-order valence-corrected chi connectivity index (χ2v) is 12.0. The molecule has 0 aromatic rings. The molecule has 0 N–H and O–H groups in total. The Kier molecular flexibility index (Phi) is 6.55. The standard InChI is InChI=1S/C14H22S2Si/c1-9-12(15-5)13(16-6)10-11-17(7,8)14(2,3)4/h1H,2-8H3/b13-12+. The van der Waals surface area contributed by atoms with E-state index in [2.05, 4.69) is 51.2 Å². The summed E-state index contributed by atoms with van der Waals surface area (Å²) < 4.78 is 0. The highest BCUT2D eigenvalue weighted by molar-refractivity contribution is 8.06. The second kappa shape index (κ2) is 6.64. The van der Waals surface area contributed by atoms with Crippen LogP contribution >= 0.6 is 23.5 Å². The quantitative estimate of drug-likeness (QED) is 0.536. The zero-order valence-electron chi connectivity index (χ0n) is 11.9. The van der Waals surface area contributed by atoms with Gasteiger partial charge in [-0.25, -0.2) is 0 Å². The minimum Gasteiger partial charge on any atom is -0.125 e. The Morgan fingerprint density at radius 1 is 1.06 bits per heavy atom. The van der Waals surface area contributed by atoms with Crippen LogP contribution in [0.5, 0.6) is 0 Å². The van der Waals surface area contributed by atoms with Gasteiger partial charge in [-0.1, -0.05) is 45.7 Å². The molecule has 0 aromatic carbocycles. The Balaban J connectivity index is 5.36. The van der Waals surface area contributed by atoms with Gasteiger partial charge in [-0.05, 0) is 17.5 Å². The Hall–Kier alpha value is -0.223. The first-order chi connectivity index (χ1) is 7.69. The molecule has 0 amide bonds. The number of hydrogen-bond donors (Lipinski definition) is 0. The molecule has 0 aliphatic rings. The van der Waals surface area contributed by atoms with Crippen molar-refractivity contribution in [3.05, 3.63) is 9.81 Å².